The summed E-state index contributed by atoms with van der Waals surface area (Å²) in [4.78, 5) is 10.7. The van der Waals surface area contributed by atoms with Crippen molar-refractivity contribution in [2.75, 3.05) is 43.2 Å². The average Bonchev–Trinajstić information content (AvgIpc) is 3.17. The fourth-order valence-electron chi connectivity index (χ4n) is 3.42. The molecule has 1 fully saturated rings. The summed E-state index contributed by atoms with van der Waals surface area (Å²) in [7, 11) is 0. The molecule has 2 aliphatic heterocycles. The molecule has 8 heteroatoms. The van der Waals surface area contributed by atoms with Crippen molar-refractivity contribution in [1.82, 2.24) is 15.3 Å². The lowest BCUT2D eigenvalue weighted by molar-refractivity contribution is 0.174. The smallest absolute Gasteiger partial charge is 0.231 e. The van der Waals surface area contributed by atoms with Crippen LogP contribution in [0.5, 0.6) is 11.5 Å². The highest BCUT2D eigenvalue weighted by atomic mass is 19.1. The molecule has 5 rings (SSSR count). The van der Waals surface area contributed by atoms with Gasteiger partial charge in [0.2, 0.25) is 6.79 Å². The van der Waals surface area contributed by atoms with E-state index in [1.54, 1.807) is 6.07 Å². The molecule has 3 aromatic rings. The zero-order valence-electron chi connectivity index (χ0n) is 14.5. The Labute approximate surface area is 155 Å². The number of piperazine rings is 1. The van der Waals surface area contributed by atoms with Gasteiger partial charge in [0.15, 0.2) is 11.5 Å². The zero-order valence-corrected chi connectivity index (χ0v) is 14.5. The Morgan fingerprint density at radius 1 is 1.04 bits per heavy atom. The van der Waals surface area contributed by atoms with Crippen molar-refractivity contribution < 1.29 is 13.9 Å². The average molecular weight is 367 g/mol. The van der Waals surface area contributed by atoms with E-state index in [0.717, 1.165) is 31.9 Å². The molecule has 0 bridgehead atoms. The zero-order chi connectivity index (χ0) is 18.2. The van der Waals surface area contributed by atoms with Gasteiger partial charge in [-0.05, 0) is 24.3 Å². The predicted octanol–water partition coefficient (Wildman–Crippen LogP) is 2.65. The fourth-order valence-corrected chi connectivity index (χ4v) is 3.42. The van der Waals surface area contributed by atoms with Crippen molar-refractivity contribution in [3.63, 3.8) is 0 Å². The third kappa shape index (κ3) is 2.97. The van der Waals surface area contributed by atoms with Crippen LogP contribution in [0.15, 0.2) is 36.7 Å². The van der Waals surface area contributed by atoms with Gasteiger partial charge in [-0.3, -0.25) is 0 Å². The topological polar surface area (TPSA) is 71.5 Å². The van der Waals surface area contributed by atoms with E-state index < -0.39 is 0 Å². The summed E-state index contributed by atoms with van der Waals surface area (Å²) >= 11 is 0. The van der Waals surface area contributed by atoms with Gasteiger partial charge in [-0.15, -0.1) is 0 Å². The first-order valence-electron chi connectivity index (χ1n) is 8.84. The monoisotopic (exact) mass is 367 g/mol. The van der Waals surface area contributed by atoms with Crippen LogP contribution in [-0.4, -0.2) is 42.9 Å². The van der Waals surface area contributed by atoms with E-state index >= 15 is 0 Å². The summed E-state index contributed by atoms with van der Waals surface area (Å²) in [5, 5.41) is 7.13. The standard InChI is InChI=1S/C19H18FN5O2/c20-14-8-13-15(9-16(14)25-5-3-21-4-6-25)22-10-23-19(13)24-12-1-2-17-18(7-12)27-11-26-17/h1-2,7-10,21H,3-6,11H2,(H,22,23,24). The van der Waals surface area contributed by atoms with E-state index in [1.807, 2.05) is 23.1 Å². The van der Waals surface area contributed by atoms with Crippen molar-refractivity contribution in [3.05, 3.63) is 42.5 Å². The summed E-state index contributed by atoms with van der Waals surface area (Å²) in [5.74, 6) is 1.66. The number of hydrogen-bond acceptors (Lipinski definition) is 7. The lowest BCUT2D eigenvalue weighted by atomic mass is 10.1. The van der Waals surface area contributed by atoms with Crippen molar-refractivity contribution in [2.24, 2.45) is 0 Å². The Hall–Kier alpha value is -3.13. The number of fused-ring (bicyclic) bond motifs is 2. The number of benzene rings is 2. The maximum atomic E-state index is 14.8. The van der Waals surface area contributed by atoms with Gasteiger partial charge in [0.1, 0.15) is 18.0 Å². The van der Waals surface area contributed by atoms with Gasteiger partial charge in [-0.25, -0.2) is 14.4 Å². The minimum absolute atomic E-state index is 0.217. The van der Waals surface area contributed by atoms with Gasteiger partial charge in [-0.2, -0.15) is 0 Å². The van der Waals surface area contributed by atoms with E-state index in [-0.39, 0.29) is 12.6 Å². The molecular weight excluding hydrogens is 349 g/mol. The van der Waals surface area contributed by atoms with Crippen molar-refractivity contribution in [2.45, 2.75) is 0 Å². The molecule has 7 nitrogen and oxygen atoms in total. The Morgan fingerprint density at radius 2 is 1.89 bits per heavy atom. The number of halogens is 1. The SMILES string of the molecule is Fc1cc2c(Nc3ccc4c(c3)OCO4)ncnc2cc1N1CCNCC1. The van der Waals surface area contributed by atoms with Gasteiger partial charge < -0.3 is 25.0 Å². The van der Waals surface area contributed by atoms with Crippen LogP contribution in [0.4, 0.5) is 21.6 Å². The van der Waals surface area contributed by atoms with Crippen LogP contribution < -0.4 is 25.0 Å². The van der Waals surface area contributed by atoms with Crippen molar-refractivity contribution >= 4 is 28.1 Å². The molecule has 0 saturated carbocycles. The van der Waals surface area contributed by atoms with Gasteiger partial charge in [0, 0.05) is 43.3 Å². The summed E-state index contributed by atoms with van der Waals surface area (Å²) < 4.78 is 25.5. The molecule has 0 spiro atoms. The van der Waals surface area contributed by atoms with Gasteiger partial charge in [-0.1, -0.05) is 0 Å². The molecule has 27 heavy (non-hydrogen) atoms. The highest BCUT2D eigenvalue weighted by Crippen LogP contribution is 2.36. The molecule has 3 heterocycles. The second-order valence-corrected chi connectivity index (χ2v) is 6.47. The van der Waals surface area contributed by atoms with Crippen molar-refractivity contribution in [1.29, 1.82) is 0 Å². The lowest BCUT2D eigenvalue weighted by Gasteiger charge is -2.29. The third-order valence-corrected chi connectivity index (χ3v) is 4.80. The van der Waals surface area contributed by atoms with Crippen LogP contribution in [0.3, 0.4) is 0 Å². The quantitative estimate of drug-likeness (QED) is 0.737. The molecule has 2 N–H and O–H groups in total. The second-order valence-electron chi connectivity index (χ2n) is 6.47. The summed E-state index contributed by atoms with van der Waals surface area (Å²) in [6, 6.07) is 8.83. The van der Waals surface area contributed by atoms with Gasteiger partial charge in [0.25, 0.3) is 0 Å². The van der Waals surface area contributed by atoms with Crippen molar-refractivity contribution in [3.8, 4) is 11.5 Å². The lowest BCUT2D eigenvalue weighted by Crippen LogP contribution is -2.43. The van der Waals surface area contributed by atoms with E-state index in [1.165, 1.54) is 12.4 Å². The van der Waals surface area contributed by atoms with E-state index in [9.17, 15) is 4.39 Å². The maximum absolute atomic E-state index is 14.8. The van der Waals surface area contributed by atoms with E-state index in [4.69, 9.17) is 9.47 Å². The molecule has 0 atom stereocenters. The highest BCUT2D eigenvalue weighted by molar-refractivity contribution is 5.93. The van der Waals surface area contributed by atoms with Crippen LogP contribution >= 0.6 is 0 Å². The summed E-state index contributed by atoms with van der Waals surface area (Å²) in [6.07, 6.45) is 1.48. The number of anilines is 3. The number of ether oxygens (including phenoxy) is 2. The first-order valence-corrected chi connectivity index (χ1v) is 8.84. The Morgan fingerprint density at radius 3 is 2.78 bits per heavy atom. The highest BCUT2D eigenvalue weighted by Gasteiger charge is 2.18. The molecule has 0 amide bonds. The normalized spacial score (nSPS) is 16.0. The van der Waals surface area contributed by atoms with Gasteiger partial charge >= 0.3 is 0 Å². The fraction of sp³-hybridized carbons (Fsp3) is 0.263. The molecular formula is C19H18FN5O2. The van der Waals surface area contributed by atoms with Crippen LogP contribution in [0, 0.1) is 5.82 Å². The first kappa shape index (κ1) is 16.1. The molecule has 0 aliphatic carbocycles. The summed E-state index contributed by atoms with van der Waals surface area (Å²) in [6.45, 7) is 3.46. The largest absolute Gasteiger partial charge is 0.454 e. The number of hydrogen-bond donors (Lipinski definition) is 2. The molecule has 2 aliphatic rings. The number of aromatic nitrogens is 2. The molecule has 2 aromatic carbocycles. The minimum Gasteiger partial charge on any atom is -0.454 e. The summed E-state index contributed by atoms with van der Waals surface area (Å²) in [5.41, 5.74) is 2.06. The molecule has 1 saturated heterocycles. The first-order chi connectivity index (χ1) is 13.3. The maximum Gasteiger partial charge on any atom is 0.231 e. The van der Waals surface area contributed by atoms with E-state index in [2.05, 4.69) is 20.6 Å². The number of nitrogens with zero attached hydrogens (tertiary/aromatic N) is 3. The van der Waals surface area contributed by atoms with Crippen LogP contribution in [-0.2, 0) is 0 Å². The van der Waals surface area contributed by atoms with E-state index in [0.29, 0.717) is 33.9 Å². The van der Waals surface area contributed by atoms with Crippen LogP contribution in [0.1, 0.15) is 0 Å². The Kier molecular flexibility index (Phi) is 3.90. The number of rotatable bonds is 3. The van der Waals surface area contributed by atoms with Crippen LogP contribution in [0.25, 0.3) is 10.9 Å². The Balaban J connectivity index is 1.50. The second kappa shape index (κ2) is 6.55. The molecule has 0 unspecified atom stereocenters. The molecule has 1 aromatic heterocycles. The minimum atomic E-state index is -0.270. The van der Waals surface area contributed by atoms with Crippen LogP contribution in [0.2, 0.25) is 0 Å². The Bertz CT molecular complexity index is 1010. The molecule has 138 valence electrons. The number of nitrogens with one attached hydrogen (secondary N) is 2. The molecule has 0 radical (unpaired) electrons. The predicted molar refractivity (Wildman–Crippen MR) is 100 cm³/mol. The third-order valence-electron chi connectivity index (χ3n) is 4.80. The van der Waals surface area contributed by atoms with Gasteiger partial charge in [0.05, 0.1) is 11.2 Å².